The van der Waals surface area contributed by atoms with Crippen LogP contribution >= 0.6 is 11.3 Å². The van der Waals surface area contributed by atoms with Gasteiger partial charge in [0, 0.05) is 37.1 Å². The van der Waals surface area contributed by atoms with Crippen LogP contribution in [-0.2, 0) is 0 Å². The third kappa shape index (κ3) is 3.39. The Hall–Kier alpha value is -2.74. The highest BCUT2D eigenvalue weighted by Crippen LogP contribution is 2.29. The van der Waals surface area contributed by atoms with Gasteiger partial charge in [0.15, 0.2) is 0 Å². The molecule has 0 unspecified atom stereocenters. The number of nitrogens with one attached hydrogen (secondary N) is 2. The van der Waals surface area contributed by atoms with Gasteiger partial charge in [0.05, 0.1) is 11.9 Å². The van der Waals surface area contributed by atoms with Crippen LogP contribution in [0.3, 0.4) is 0 Å². The highest BCUT2D eigenvalue weighted by Gasteiger charge is 2.24. The van der Waals surface area contributed by atoms with Gasteiger partial charge in [-0.15, -0.1) is 11.3 Å². The average molecular weight is 354 g/mol. The van der Waals surface area contributed by atoms with E-state index in [1.807, 2.05) is 22.7 Å². The fourth-order valence-corrected chi connectivity index (χ4v) is 3.78. The van der Waals surface area contributed by atoms with E-state index in [-0.39, 0.29) is 6.03 Å². The molecule has 2 N–H and O–H groups in total. The summed E-state index contributed by atoms with van der Waals surface area (Å²) in [6.07, 6.45) is 8.93. The highest BCUT2D eigenvalue weighted by molar-refractivity contribution is 7.13. The van der Waals surface area contributed by atoms with E-state index in [0.717, 1.165) is 36.6 Å². The second-order valence-electron chi connectivity index (χ2n) is 5.97. The van der Waals surface area contributed by atoms with Crippen LogP contribution in [0.15, 0.2) is 42.3 Å². The van der Waals surface area contributed by atoms with Crippen molar-refractivity contribution in [3.63, 3.8) is 0 Å². The number of anilines is 1. The fraction of sp³-hybridized carbons (Fsp3) is 0.294. The number of H-pyrrole nitrogens is 1. The highest BCUT2D eigenvalue weighted by atomic mass is 32.1. The number of thiazole rings is 1. The summed E-state index contributed by atoms with van der Waals surface area (Å²) in [5, 5.41) is 12.6. The van der Waals surface area contributed by atoms with Crippen molar-refractivity contribution < 1.29 is 4.79 Å². The molecule has 8 heteroatoms. The molecule has 1 aliphatic heterocycles. The monoisotopic (exact) mass is 354 g/mol. The molecule has 3 aromatic heterocycles. The lowest BCUT2D eigenvalue weighted by atomic mass is 9.90. The van der Waals surface area contributed by atoms with E-state index in [4.69, 9.17) is 0 Å². The standard InChI is InChI=1S/C17H18N6OS/c24-17(21-14-11-20-22-15(14)16-19-7-10-25-16)23-8-3-13(4-9-23)12-1-5-18-6-2-12/h1-2,5-7,10-11,13H,3-4,8-9H2,(H,20,22)(H,21,24). The van der Waals surface area contributed by atoms with Gasteiger partial charge < -0.3 is 10.2 Å². The number of rotatable bonds is 3. The molecule has 4 rings (SSSR count). The number of amides is 2. The first-order chi connectivity index (χ1) is 12.3. The lowest BCUT2D eigenvalue weighted by Crippen LogP contribution is -2.40. The molecule has 0 aliphatic carbocycles. The molecule has 128 valence electrons. The zero-order valence-corrected chi connectivity index (χ0v) is 14.4. The first-order valence-electron chi connectivity index (χ1n) is 8.20. The Kier molecular flexibility index (Phi) is 4.43. The number of aromatic amines is 1. The fourth-order valence-electron chi connectivity index (χ4n) is 3.14. The Morgan fingerprint density at radius 1 is 1.24 bits per heavy atom. The topological polar surface area (TPSA) is 86.8 Å². The molecular weight excluding hydrogens is 336 g/mol. The van der Waals surface area contributed by atoms with Gasteiger partial charge in [-0.1, -0.05) is 0 Å². The Morgan fingerprint density at radius 3 is 2.76 bits per heavy atom. The molecule has 0 saturated carbocycles. The summed E-state index contributed by atoms with van der Waals surface area (Å²) in [5.74, 6) is 0.492. The van der Waals surface area contributed by atoms with E-state index in [1.165, 1.54) is 16.9 Å². The summed E-state index contributed by atoms with van der Waals surface area (Å²) in [6, 6.07) is 4.03. The van der Waals surface area contributed by atoms with Gasteiger partial charge in [0.25, 0.3) is 0 Å². The molecule has 2 amide bonds. The molecule has 7 nitrogen and oxygen atoms in total. The van der Waals surface area contributed by atoms with Gasteiger partial charge in [0.2, 0.25) is 0 Å². The molecule has 1 saturated heterocycles. The Balaban J connectivity index is 1.38. The van der Waals surface area contributed by atoms with Crippen LogP contribution in [0.1, 0.15) is 24.3 Å². The van der Waals surface area contributed by atoms with Crippen molar-refractivity contribution in [2.75, 3.05) is 18.4 Å². The van der Waals surface area contributed by atoms with Crippen LogP contribution in [0.5, 0.6) is 0 Å². The molecule has 0 bridgehead atoms. The maximum atomic E-state index is 12.6. The number of carbonyl (C=O) groups excluding carboxylic acids is 1. The van der Waals surface area contributed by atoms with E-state index in [1.54, 1.807) is 12.4 Å². The second-order valence-corrected chi connectivity index (χ2v) is 6.86. The molecular formula is C17H18N6OS. The van der Waals surface area contributed by atoms with Gasteiger partial charge in [-0.25, -0.2) is 9.78 Å². The number of pyridine rings is 1. The number of hydrogen-bond acceptors (Lipinski definition) is 5. The molecule has 0 spiro atoms. The lowest BCUT2D eigenvalue weighted by Gasteiger charge is -2.32. The smallest absolute Gasteiger partial charge is 0.321 e. The van der Waals surface area contributed by atoms with E-state index in [9.17, 15) is 4.79 Å². The van der Waals surface area contributed by atoms with Crippen LogP contribution in [-0.4, -0.2) is 44.2 Å². The number of nitrogens with zero attached hydrogens (tertiary/aromatic N) is 4. The minimum absolute atomic E-state index is 0.0904. The number of piperidine rings is 1. The number of urea groups is 1. The van der Waals surface area contributed by atoms with Crippen molar-refractivity contribution in [1.82, 2.24) is 25.1 Å². The van der Waals surface area contributed by atoms with Crippen LogP contribution in [0.4, 0.5) is 10.5 Å². The van der Waals surface area contributed by atoms with E-state index < -0.39 is 0 Å². The summed E-state index contributed by atoms with van der Waals surface area (Å²) in [4.78, 5) is 22.8. The molecule has 3 aromatic rings. The van der Waals surface area contributed by atoms with Gasteiger partial charge >= 0.3 is 6.03 Å². The van der Waals surface area contributed by atoms with Gasteiger partial charge in [-0.05, 0) is 36.5 Å². The summed E-state index contributed by atoms with van der Waals surface area (Å²) in [7, 11) is 0. The van der Waals surface area contributed by atoms with E-state index in [2.05, 4.69) is 37.6 Å². The van der Waals surface area contributed by atoms with Crippen molar-refractivity contribution in [2.24, 2.45) is 0 Å². The third-order valence-electron chi connectivity index (χ3n) is 4.49. The maximum Gasteiger partial charge on any atom is 0.321 e. The normalized spacial score (nSPS) is 15.3. The van der Waals surface area contributed by atoms with Crippen molar-refractivity contribution in [3.05, 3.63) is 47.9 Å². The van der Waals surface area contributed by atoms with Gasteiger partial charge in [-0.3, -0.25) is 10.1 Å². The Labute approximate surface area is 149 Å². The predicted octanol–water partition coefficient (Wildman–Crippen LogP) is 3.34. The van der Waals surface area contributed by atoms with Crippen molar-refractivity contribution in [1.29, 1.82) is 0 Å². The molecule has 0 atom stereocenters. The lowest BCUT2D eigenvalue weighted by molar-refractivity contribution is 0.194. The number of likely N-dealkylation sites (tertiary alicyclic amines) is 1. The summed E-state index contributed by atoms with van der Waals surface area (Å²) >= 11 is 1.50. The second kappa shape index (κ2) is 7.02. The Morgan fingerprint density at radius 2 is 2.04 bits per heavy atom. The average Bonchev–Trinajstić information content (AvgIpc) is 3.34. The van der Waals surface area contributed by atoms with Crippen molar-refractivity contribution in [3.8, 4) is 10.7 Å². The van der Waals surface area contributed by atoms with Crippen LogP contribution in [0.25, 0.3) is 10.7 Å². The first kappa shape index (κ1) is 15.8. The molecule has 4 heterocycles. The number of aromatic nitrogens is 4. The summed E-state index contributed by atoms with van der Waals surface area (Å²) < 4.78 is 0. The van der Waals surface area contributed by atoms with Crippen molar-refractivity contribution >= 4 is 23.1 Å². The SMILES string of the molecule is O=C(Nc1cn[nH]c1-c1nccs1)N1CCC(c2ccncc2)CC1. The minimum Gasteiger partial charge on any atom is -0.324 e. The predicted molar refractivity (Wildman–Crippen MR) is 96.5 cm³/mol. The zero-order valence-electron chi connectivity index (χ0n) is 13.6. The minimum atomic E-state index is -0.0904. The molecule has 25 heavy (non-hydrogen) atoms. The van der Waals surface area contributed by atoms with Crippen LogP contribution < -0.4 is 5.32 Å². The number of carbonyl (C=O) groups is 1. The first-order valence-corrected chi connectivity index (χ1v) is 9.08. The Bertz CT molecular complexity index is 824. The third-order valence-corrected chi connectivity index (χ3v) is 5.28. The largest absolute Gasteiger partial charge is 0.324 e. The maximum absolute atomic E-state index is 12.6. The number of hydrogen-bond donors (Lipinski definition) is 2. The molecule has 0 aromatic carbocycles. The van der Waals surface area contributed by atoms with Crippen molar-refractivity contribution in [2.45, 2.75) is 18.8 Å². The van der Waals surface area contributed by atoms with Gasteiger partial charge in [0.1, 0.15) is 10.7 Å². The summed E-state index contributed by atoms with van der Waals surface area (Å²) in [5.41, 5.74) is 2.71. The molecule has 0 radical (unpaired) electrons. The quantitative estimate of drug-likeness (QED) is 0.755. The van der Waals surface area contributed by atoms with Crippen LogP contribution in [0.2, 0.25) is 0 Å². The van der Waals surface area contributed by atoms with Gasteiger partial charge in [-0.2, -0.15) is 5.10 Å². The van der Waals surface area contributed by atoms with E-state index in [0.29, 0.717) is 11.6 Å². The summed E-state index contributed by atoms with van der Waals surface area (Å²) in [6.45, 7) is 1.48. The zero-order chi connectivity index (χ0) is 17.1. The van der Waals surface area contributed by atoms with Crippen LogP contribution in [0, 0.1) is 0 Å². The van der Waals surface area contributed by atoms with E-state index >= 15 is 0 Å². The molecule has 1 aliphatic rings. The molecule has 1 fully saturated rings.